The Labute approximate surface area is 129 Å². The van der Waals surface area contributed by atoms with Gasteiger partial charge in [-0.3, -0.25) is 0 Å². The van der Waals surface area contributed by atoms with Crippen LogP contribution in [0.15, 0.2) is 24.3 Å². The first-order valence-electron chi connectivity index (χ1n) is 8.33. The Kier molecular flexibility index (Phi) is 6.07. The molecule has 3 N–H and O–H groups in total. The largest absolute Gasteiger partial charge is 0.491 e. The topological polar surface area (TPSA) is 47.3 Å². The molecule has 0 bridgehead atoms. The third-order valence-corrected chi connectivity index (χ3v) is 4.42. The van der Waals surface area contributed by atoms with Crippen LogP contribution in [0.4, 0.5) is 0 Å². The number of benzene rings is 1. The number of ether oxygens (including phenoxy) is 1. The van der Waals surface area contributed by atoms with E-state index in [4.69, 9.17) is 10.5 Å². The second-order valence-corrected chi connectivity index (χ2v) is 6.48. The first-order valence-corrected chi connectivity index (χ1v) is 8.33. The van der Waals surface area contributed by atoms with Gasteiger partial charge in [-0.05, 0) is 52.1 Å². The zero-order valence-electron chi connectivity index (χ0n) is 13.6. The van der Waals surface area contributed by atoms with Crippen molar-refractivity contribution in [2.24, 2.45) is 11.7 Å². The standard InChI is InChI=1S/C18H30N2O/c1-13(2)21-18-11-7-5-9-16(18)14(3)20-17-10-6-4-8-15(17)12-19/h5,7,9,11,13-15,17,20H,4,6,8,10,12,19H2,1-3H3. The Hall–Kier alpha value is -1.06. The van der Waals surface area contributed by atoms with E-state index in [0.29, 0.717) is 12.0 Å². The van der Waals surface area contributed by atoms with Gasteiger partial charge < -0.3 is 15.8 Å². The van der Waals surface area contributed by atoms with Crippen molar-refractivity contribution in [1.29, 1.82) is 0 Å². The first kappa shape index (κ1) is 16.3. The fraction of sp³-hybridized carbons (Fsp3) is 0.667. The van der Waals surface area contributed by atoms with Gasteiger partial charge in [-0.1, -0.05) is 31.0 Å². The van der Waals surface area contributed by atoms with Crippen molar-refractivity contribution in [3.05, 3.63) is 29.8 Å². The number of hydrogen-bond donors (Lipinski definition) is 2. The predicted octanol–water partition coefficient (Wildman–Crippen LogP) is 3.64. The normalized spacial score (nSPS) is 24.0. The molecule has 1 aromatic rings. The van der Waals surface area contributed by atoms with E-state index in [1.54, 1.807) is 0 Å². The fourth-order valence-electron chi connectivity index (χ4n) is 3.32. The molecule has 1 saturated carbocycles. The monoisotopic (exact) mass is 290 g/mol. The molecule has 1 aliphatic carbocycles. The summed E-state index contributed by atoms with van der Waals surface area (Å²) in [6.45, 7) is 7.15. The molecule has 1 aliphatic rings. The van der Waals surface area contributed by atoms with Crippen molar-refractivity contribution in [3.8, 4) is 5.75 Å². The summed E-state index contributed by atoms with van der Waals surface area (Å²) in [6, 6.07) is 9.17. The second kappa shape index (κ2) is 7.81. The van der Waals surface area contributed by atoms with Crippen LogP contribution >= 0.6 is 0 Å². The van der Waals surface area contributed by atoms with Crippen molar-refractivity contribution >= 4 is 0 Å². The zero-order chi connectivity index (χ0) is 15.2. The summed E-state index contributed by atoms with van der Waals surface area (Å²) in [6.07, 6.45) is 5.32. The first-order chi connectivity index (χ1) is 10.1. The van der Waals surface area contributed by atoms with Crippen molar-refractivity contribution in [2.75, 3.05) is 6.54 Å². The van der Waals surface area contributed by atoms with E-state index in [-0.39, 0.29) is 12.1 Å². The van der Waals surface area contributed by atoms with E-state index < -0.39 is 0 Å². The van der Waals surface area contributed by atoms with E-state index in [1.807, 2.05) is 6.07 Å². The number of nitrogens with two attached hydrogens (primary N) is 1. The minimum Gasteiger partial charge on any atom is -0.491 e. The number of para-hydroxylation sites is 1. The molecule has 0 radical (unpaired) electrons. The summed E-state index contributed by atoms with van der Waals surface area (Å²) in [5.41, 5.74) is 7.18. The summed E-state index contributed by atoms with van der Waals surface area (Å²) in [5.74, 6) is 1.60. The van der Waals surface area contributed by atoms with Crippen LogP contribution in [0, 0.1) is 5.92 Å². The third-order valence-electron chi connectivity index (χ3n) is 4.42. The number of rotatable bonds is 6. The highest BCUT2D eigenvalue weighted by Crippen LogP contribution is 2.29. The molecule has 21 heavy (non-hydrogen) atoms. The van der Waals surface area contributed by atoms with Gasteiger partial charge in [-0.15, -0.1) is 0 Å². The van der Waals surface area contributed by atoms with Gasteiger partial charge in [0.15, 0.2) is 0 Å². The highest BCUT2D eigenvalue weighted by Gasteiger charge is 2.26. The lowest BCUT2D eigenvalue weighted by molar-refractivity contribution is 0.229. The van der Waals surface area contributed by atoms with Crippen LogP contribution in [0.3, 0.4) is 0 Å². The predicted molar refractivity (Wildman–Crippen MR) is 88.6 cm³/mol. The molecular formula is C18H30N2O. The maximum Gasteiger partial charge on any atom is 0.124 e. The Morgan fingerprint density at radius 1 is 1.19 bits per heavy atom. The van der Waals surface area contributed by atoms with E-state index >= 15 is 0 Å². The summed E-state index contributed by atoms with van der Waals surface area (Å²) < 4.78 is 5.94. The van der Waals surface area contributed by atoms with Crippen LogP contribution in [-0.2, 0) is 0 Å². The van der Waals surface area contributed by atoms with Crippen LogP contribution < -0.4 is 15.8 Å². The van der Waals surface area contributed by atoms with Crippen LogP contribution in [0.25, 0.3) is 0 Å². The highest BCUT2D eigenvalue weighted by atomic mass is 16.5. The lowest BCUT2D eigenvalue weighted by Gasteiger charge is -2.34. The maximum absolute atomic E-state index is 5.94. The molecule has 0 heterocycles. The molecule has 2 rings (SSSR count). The van der Waals surface area contributed by atoms with Crippen LogP contribution in [0.1, 0.15) is 58.1 Å². The van der Waals surface area contributed by atoms with E-state index in [1.165, 1.54) is 31.2 Å². The molecule has 3 nitrogen and oxygen atoms in total. The minimum absolute atomic E-state index is 0.199. The average molecular weight is 290 g/mol. The molecule has 118 valence electrons. The number of nitrogens with one attached hydrogen (secondary N) is 1. The quantitative estimate of drug-likeness (QED) is 0.841. The van der Waals surface area contributed by atoms with Crippen molar-refractivity contribution in [2.45, 2.75) is 64.6 Å². The second-order valence-electron chi connectivity index (χ2n) is 6.48. The summed E-state index contributed by atoms with van der Waals surface area (Å²) in [7, 11) is 0. The fourth-order valence-corrected chi connectivity index (χ4v) is 3.32. The minimum atomic E-state index is 0.199. The van der Waals surface area contributed by atoms with Gasteiger partial charge in [0.2, 0.25) is 0 Å². The molecule has 3 heteroatoms. The van der Waals surface area contributed by atoms with Crippen molar-refractivity contribution < 1.29 is 4.74 Å². The van der Waals surface area contributed by atoms with Crippen molar-refractivity contribution in [1.82, 2.24) is 5.32 Å². The average Bonchev–Trinajstić information content (AvgIpc) is 2.47. The van der Waals surface area contributed by atoms with E-state index in [2.05, 4.69) is 44.3 Å². The smallest absolute Gasteiger partial charge is 0.124 e. The van der Waals surface area contributed by atoms with E-state index in [9.17, 15) is 0 Å². The lowest BCUT2D eigenvalue weighted by Crippen LogP contribution is -2.43. The van der Waals surface area contributed by atoms with Crippen LogP contribution in [0.5, 0.6) is 5.75 Å². The molecule has 0 saturated heterocycles. The summed E-state index contributed by atoms with van der Waals surface area (Å²) in [5, 5.41) is 3.79. The van der Waals surface area contributed by atoms with Crippen LogP contribution in [0.2, 0.25) is 0 Å². The van der Waals surface area contributed by atoms with Gasteiger partial charge in [0, 0.05) is 17.6 Å². The van der Waals surface area contributed by atoms with E-state index in [0.717, 1.165) is 12.3 Å². The lowest BCUT2D eigenvalue weighted by atomic mass is 9.84. The molecule has 1 fully saturated rings. The van der Waals surface area contributed by atoms with Gasteiger partial charge >= 0.3 is 0 Å². The number of hydrogen-bond acceptors (Lipinski definition) is 3. The Bertz CT molecular complexity index is 433. The third kappa shape index (κ3) is 4.45. The molecule has 1 aromatic carbocycles. The van der Waals surface area contributed by atoms with Gasteiger partial charge in [0.1, 0.15) is 5.75 Å². The molecule has 3 unspecified atom stereocenters. The van der Waals surface area contributed by atoms with Gasteiger partial charge in [0.05, 0.1) is 6.10 Å². The Morgan fingerprint density at radius 2 is 1.90 bits per heavy atom. The SMILES string of the molecule is CC(C)Oc1ccccc1C(C)NC1CCCCC1CN. The maximum atomic E-state index is 5.94. The van der Waals surface area contributed by atoms with Gasteiger partial charge in [-0.25, -0.2) is 0 Å². The zero-order valence-corrected chi connectivity index (χ0v) is 13.6. The Balaban J connectivity index is 2.07. The molecule has 3 atom stereocenters. The molecule has 0 spiro atoms. The summed E-state index contributed by atoms with van der Waals surface area (Å²) in [4.78, 5) is 0. The Morgan fingerprint density at radius 3 is 2.62 bits per heavy atom. The van der Waals surface area contributed by atoms with Crippen molar-refractivity contribution in [3.63, 3.8) is 0 Å². The molecule has 0 aliphatic heterocycles. The molecule has 0 amide bonds. The highest BCUT2D eigenvalue weighted by molar-refractivity contribution is 5.35. The van der Waals surface area contributed by atoms with Gasteiger partial charge in [-0.2, -0.15) is 0 Å². The van der Waals surface area contributed by atoms with Crippen LogP contribution in [-0.4, -0.2) is 18.7 Å². The summed E-state index contributed by atoms with van der Waals surface area (Å²) >= 11 is 0. The molecular weight excluding hydrogens is 260 g/mol. The molecule has 0 aromatic heterocycles. The van der Waals surface area contributed by atoms with Gasteiger partial charge in [0.25, 0.3) is 0 Å².